The molecule has 0 aliphatic heterocycles. The molecule has 0 unspecified atom stereocenters. The maximum atomic E-state index is 13.9. The molecule has 0 saturated carbocycles. The minimum atomic E-state index is -0.0371. The molecule has 0 aliphatic rings. The van der Waals surface area contributed by atoms with Crippen molar-refractivity contribution in [3.8, 4) is 28.2 Å². The second-order valence-electron chi connectivity index (χ2n) is 7.75. The summed E-state index contributed by atoms with van der Waals surface area (Å²) in [5.74, 6) is -0.0371. The number of aryl methyl sites for hydroxylation is 1. The molecule has 154 valence electrons. The summed E-state index contributed by atoms with van der Waals surface area (Å²) in [7, 11) is 0. The molecule has 1 heterocycles. The highest BCUT2D eigenvalue weighted by Gasteiger charge is 2.27. The molecule has 0 N–H and O–H groups in total. The lowest BCUT2D eigenvalue weighted by atomic mass is 9.94. The Kier molecular flexibility index (Phi) is 5.22. The molecule has 3 nitrogen and oxygen atoms in total. The lowest BCUT2D eigenvalue weighted by Crippen LogP contribution is -2.05. The van der Waals surface area contributed by atoms with Crippen LogP contribution in [-0.4, -0.2) is 15.6 Å². The van der Waals surface area contributed by atoms with Crippen LogP contribution in [0.1, 0.15) is 21.5 Å². The van der Waals surface area contributed by atoms with Crippen LogP contribution in [0.5, 0.6) is 0 Å². The highest BCUT2D eigenvalue weighted by molar-refractivity contribution is 6.16. The second-order valence-corrected chi connectivity index (χ2v) is 7.75. The van der Waals surface area contributed by atoms with Gasteiger partial charge in [-0.3, -0.25) is 4.79 Å². The van der Waals surface area contributed by atoms with Crippen LogP contribution in [0.25, 0.3) is 28.2 Å². The molecule has 0 fully saturated rings. The molecule has 0 saturated heterocycles. The summed E-state index contributed by atoms with van der Waals surface area (Å²) in [4.78, 5) is 13.9. The van der Waals surface area contributed by atoms with E-state index in [2.05, 4.69) is 0 Å². The molecule has 0 atom stereocenters. The van der Waals surface area contributed by atoms with Crippen LogP contribution in [0.4, 0.5) is 0 Å². The molecule has 0 aliphatic carbocycles. The van der Waals surface area contributed by atoms with E-state index in [1.54, 1.807) is 0 Å². The van der Waals surface area contributed by atoms with Crippen molar-refractivity contribution in [2.45, 2.75) is 6.92 Å². The zero-order valence-electron chi connectivity index (χ0n) is 17.8. The summed E-state index contributed by atoms with van der Waals surface area (Å²) >= 11 is 0. The van der Waals surface area contributed by atoms with Gasteiger partial charge in [-0.1, -0.05) is 109 Å². The van der Waals surface area contributed by atoms with Gasteiger partial charge in [0.05, 0.1) is 16.9 Å². The molecule has 4 aromatic carbocycles. The molecular formula is C29H22N2O. The highest BCUT2D eigenvalue weighted by atomic mass is 16.1. The third-order valence-electron chi connectivity index (χ3n) is 5.52. The fourth-order valence-electron chi connectivity index (χ4n) is 3.90. The standard InChI is InChI=1S/C29H22N2O/c1-21-17-19-24(20-18-21)29(32)26-27(22-11-5-2-6-12-22)30-31(25-15-9-4-10-16-25)28(26)23-13-7-3-8-14-23/h2-20H,1H3. The molecule has 0 bridgehead atoms. The number of carbonyl (C=O) groups excluding carboxylic acids is 1. The zero-order chi connectivity index (χ0) is 21.9. The summed E-state index contributed by atoms with van der Waals surface area (Å²) < 4.78 is 1.89. The molecular weight excluding hydrogens is 392 g/mol. The highest BCUT2D eigenvalue weighted by Crippen LogP contribution is 2.35. The Balaban J connectivity index is 1.84. The Morgan fingerprint density at radius 3 is 1.78 bits per heavy atom. The zero-order valence-corrected chi connectivity index (χ0v) is 17.8. The van der Waals surface area contributed by atoms with Gasteiger partial charge in [0.1, 0.15) is 5.69 Å². The third-order valence-corrected chi connectivity index (χ3v) is 5.52. The van der Waals surface area contributed by atoms with Crippen LogP contribution in [0, 0.1) is 6.92 Å². The molecule has 0 amide bonds. The van der Waals surface area contributed by atoms with Gasteiger partial charge in [0.2, 0.25) is 0 Å². The predicted molar refractivity (Wildman–Crippen MR) is 129 cm³/mol. The number of aromatic nitrogens is 2. The Bertz CT molecular complexity index is 1350. The summed E-state index contributed by atoms with van der Waals surface area (Å²) in [6.07, 6.45) is 0. The van der Waals surface area contributed by atoms with Crippen molar-refractivity contribution in [3.63, 3.8) is 0 Å². The summed E-state index contributed by atoms with van der Waals surface area (Å²) in [6.45, 7) is 2.02. The van der Waals surface area contributed by atoms with Gasteiger partial charge in [0.15, 0.2) is 5.78 Å². The van der Waals surface area contributed by atoms with E-state index in [4.69, 9.17) is 5.10 Å². The number of ketones is 1. The van der Waals surface area contributed by atoms with Crippen molar-refractivity contribution in [2.75, 3.05) is 0 Å². The maximum Gasteiger partial charge on any atom is 0.197 e. The summed E-state index contributed by atoms with van der Waals surface area (Å²) in [5, 5.41) is 4.99. The van der Waals surface area contributed by atoms with Crippen molar-refractivity contribution < 1.29 is 4.79 Å². The number of nitrogens with zero attached hydrogens (tertiary/aromatic N) is 2. The molecule has 0 spiro atoms. The maximum absolute atomic E-state index is 13.9. The van der Waals surface area contributed by atoms with Gasteiger partial charge in [-0.15, -0.1) is 0 Å². The first-order valence-electron chi connectivity index (χ1n) is 10.6. The lowest BCUT2D eigenvalue weighted by molar-refractivity contribution is 0.104. The first kappa shape index (κ1) is 19.7. The van der Waals surface area contributed by atoms with Gasteiger partial charge in [-0.2, -0.15) is 5.10 Å². The quantitative estimate of drug-likeness (QED) is 0.298. The van der Waals surface area contributed by atoms with E-state index in [1.165, 1.54) is 0 Å². The van der Waals surface area contributed by atoms with Crippen LogP contribution in [0.3, 0.4) is 0 Å². The Labute approximate surface area is 187 Å². The lowest BCUT2D eigenvalue weighted by Gasteiger charge is -2.10. The minimum Gasteiger partial charge on any atom is -0.288 e. The fraction of sp³-hybridized carbons (Fsp3) is 0.0345. The number of hydrogen-bond acceptors (Lipinski definition) is 2. The average molecular weight is 415 g/mol. The fourth-order valence-corrected chi connectivity index (χ4v) is 3.90. The summed E-state index contributed by atoms with van der Waals surface area (Å²) in [5.41, 5.74) is 6.61. The topological polar surface area (TPSA) is 34.9 Å². The molecule has 5 aromatic rings. The largest absolute Gasteiger partial charge is 0.288 e. The van der Waals surface area contributed by atoms with E-state index >= 15 is 0 Å². The van der Waals surface area contributed by atoms with Gasteiger partial charge < -0.3 is 0 Å². The van der Waals surface area contributed by atoms with E-state index in [0.29, 0.717) is 16.8 Å². The SMILES string of the molecule is Cc1ccc(C(=O)c2c(-c3ccccc3)nn(-c3ccccc3)c2-c2ccccc2)cc1. The number of rotatable bonds is 5. The normalized spacial score (nSPS) is 10.8. The van der Waals surface area contributed by atoms with Crippen molar-refractivity contribution >= 4 is 5.78 Å². The minimum absolute atomic E-state index is 0.0371. The van der Waals surface area contributed by atoms with E-state index in [1.807, 2.05) is 127 Å². The van der Waals surface area contributed by atoms with Crippen LogP contribution in [-0.2, 0) is 0 Å². The van der Waals surface area contributed by atoms with E-state index < -0.39 is 0 Å². The van der Waals surface area contributed by atoms with Gasteiger partial charge in [-0.25, -0.2) is 4.68 Å². The number of para-hydroxylation sites is 1. The Morgan fingerprint density at radius 1 is 0.656 bits per heavy atom. The van der Waals surface area contributed by atoms with E-state index in [9.17, 15) is 4.79 Å². The predicted octanol–water partition coefficient (Wildman–Crippen LogP) is 6.75. The average Bonchev–Trinajstić information content (AvgIpc) is 3.26. The molecule has 32 heavy (non-hydrogen) atoms. The van der Waals surface area contributed by atoms with Crippen LogP contribution < -0.4 is 0 Å². The van der Waals surface area contributed by atoms with Gasteiger partial charge in [-0.05, 0) is 19.1 Å². The first-order valence-corrected chi connectivity index (χ1v) is 10.6. The van der Waals surface area contributed by atoms with Crippen molar-refractivity contribution in [3.05, 3.63) is 132 Å². The molecule has 3 heteroatoms. The van der Waals surface area contributed by atoms with Crippen LogP contribution in [0.2, 0.25) is 0 Å². The molecule has 1 aromatic heterocycles. The van der Waals surface area contributed by atoms with E-state index in [-0.39, 0.29) is 5.78 Å². The molecule has 5 rings (SSSR count). The Morgan fingerprint density at radius 2 is 1.19 bits per heavy atom. The Hall–Kier alpha value is -4.24. The summed E-state index contributed by atoms with van der Waals surface area (Å²) in [6, 6.07) is 37.6. The monoisotopic (exact) mass is 414 g/mol. The van der Waals surface area contributed by atoms with Gasteiger partial charge in [0.25, 0.3) is 0 Å². The first-order chi connectivity index (χ1) is 15.7. The van der Waals surface area contributed by atoms with Crippen molar-refractivity contribution in [2.24, 2.45) is 0 Å². The van der Waals surface area contributed by atoms with Gasteiger partial charge in [0, 0.05) is 16.7 Å². The number of carbonyl (C=O) groups is 1. The number of hydrogen-bond donors (Lipinski definition) is 0. The van der Waals surface area contributed by atoms with Gasteiger partial charge >= 0.3 is 0 Å². The van der Waals surface area contributed by atoms with Crippen LogP contribution in [0.15, 0.2) is 115 Å². The van der Waals surface area contributed by atoms with Crippen molar-refractivity contribution in [1.29, 1.82) is 0 Å². The molecule has 0 radical (unpaired) electrons. The van der Waals surface area contributed by atoms with Crippen molar-refractivity contribution in [1.82, 2.24) is 9.78 Å². The second kappa shape index (κ2) is 8.48. The number of benzene rings is 4. The van der Waals surface area contributed by atoms with E-state index in [0.717, 1.165) is 28.1 Å². The van der Waals surface area contributed by atoms with Crippen LogP contribution >= 0.6 is 0 Å². The smallest absolute Gasteiger partial charge is 0.197 e. The third kappa shape index (κ3) is 3.65.